The lowest BCUT2D eigenvalue weighted by Gasteiger charge is -2.22. The van der Waals surface area contributed by atoms with Crippen LogP contribution in [0.3, 0.4) is 0 Å². The maximum Gasteiger partial charge on any atom is 0.00749 e. The van der Waals surface area contributed by atoms with Gasteiger partial charge in [0.25, 0.3) is 0 Å². The molecule has 1 saturated heterocycles. The number of thioether (sulfide) groups is 1. The minimum absolute atomic E-state index is 0.834. The van der Waals surface area contributed by atoms with Crippen LogP contribution >= 0.6 is 11.8 Å². The van der Waals surface area contributed by atoms with Crippen LogP contribution in [0.1, 0.15) is 25.7 Å². The maximum atomic E-state index is 3.54. The predicted octanol–water partition coefficient (Wildman–Crippen LogP) is 1.88. The van der Waals surface area contributed by atoms with Gasteiger partial charge in [-0.1, -0.05) is 6.42 Å². The van der Waals surface area contributed by atoms with Crippen molar-refractivity contribution in [2.45, 2.75) is 31.7 Å². The summed E-state index contributed by atoms with van der Waals surface area (Å²) in [5, 5.41) is 3.54. The summed E-state index contributed by atoms with van der Waals surface area (Å²) < 4.78 is 0. The molecule has 0 aromatic rings. The minimum atomic E-state index is 0.834. The maximum absolute atomic E-state index is 3.54. The van der Waals surface area contributed by atoms with Crippen molar-refractivity contribution >= 4 is 11.8 Å². The standard InChI is InChI=1S/C8H17NS/c1-10-7-5-8-4-2-3-6-9-8/h8-9H,2-7H2,1H3/t8-/m1/s1. The monoisotopic (exact) mass is 159 g/mol. The quantitative estimate of drug-likeness (QED) is 0.675. The van der Waals surface area contributed by atoms with Gasteiger partial charge in [-0.3, -0.25) is 0 Å². The summed E-state index contributed by atoms with van der Waals surface area (Å²) >= 11 is 1.96. The molecule has 60 valence electrons. The number of piperidine rings is 1. The van der Waals surface area contributed by atoms with Crippen molar-refractivity contribution in [3.05, 3.63) is 0 Å². The fraction of sp³-hybridized carbons (Fsp3) is 1.00. The summed E-state index contributed by atoms with van der Waals surface area (Å²) in [6.07, 6.45) is 7.77. The summed E-state index contributed by atoms with van der Waals surface area (Å²) in [6.45, 7) is 1.25. The summed E-state index contributed by atoms with van der Waals surface area (Å²) in [5.74, 6) is 1.32. The first kappa shape index (κ1) is 8.41. The van der Waals surface area contributed by atoms with Crippen molar-refractivity contribution in [1.29, 1.82) is 0 Å². The lowest BCUT2D eigenvalue weighted by molar-refractivity contribution is 0.395. The molecule has 1 atom stereocenters. The first-order chi connectivity index (χ1) is 4.93. The second-order valence-corrected chi connectivity index (χ2v) is 3.91. The Morgan fingerprint density at radius 3 is 3.00 bits per heavy atom. The van der Waals surface area contributed by atoms with Gasteiger partial charge in [0.15, 0.2) is 0 Å². The fourth-order valence-electron chi connectivity index (χ4n) is 1.43. The van der Waals surface area contributed by atoms with E-state index in [1.807, 2.05) is 11.8 Å². The topological polar surface area (TPSA) is 12.0 Å². The summed E-state index contributed by atoms with van der Waals surface area (Å²) in [7, 11) is 0. The van der Waals surface area contributed by atoms with Crippen LogP contribution in [-0.2, 0) is 0 Å². The highest BCUT2D eigenvalue weighted by molar-refractivity contribution is 7.98. The molecule has 1 fully saturated rings. The van der Waals surface area contributed by atoms with Crippen molar-refractivity contribution in [3.63, 3.8) is 0 Å². The third-order valence-corrected chi connectivity index (χ3v) is 2.73. The van der Waals surface area contributed by atoms with Crippen molar-refractivity contribution in [3.8, 4) is 0 Å². The molecule has 1 nitrogen and oxygen atoms in total. The Labute approximate surface area is 68.0 Å². The smallest absolute Gasteiger partial charge is 0.00749 e. The molecule has 0 aromatic carbocycles. The van der Waals surface area contributed by atoms with Gasteiger partial charge in [-0.25, -0.2) is 0 Å². The zero-order valence-electron chi connectivity index (χ0n) is 6.73. The van der Waals surface area contributed by atoms with E-state index < -0.39 is 0 Å². The number of hydrogen-bond donors (Lipinski definition) is 1. The van der Waals surface area contributed by atoms with Crippen LogP contribution in [0.2, 0.25) is 0 Å². The Morgan fingerprint density at radius 1 is 1.50 bits per heavy atom. The van der Waals surface area contributed by atoms with E-state index in [1.54, 1.807) is 0 Å². The molecular formula is C8H17NS. The first-order valence-electron chi connectivity index (χ1n) is 4.16. The molecule has 1 aliphatic heterocycles. The van der Waals surface area contributed by atoms with Gasteiger partial charge in [0.1, 0.15) is 0 Å². The summed E-state index contributed by atoms with van der Waals surface area (Å²) in [4.78, 5) is 0. The second-order valence-electron chi connectivity index (χ2n) is 2.93. The zero-order chi connectivity index (χ0) is 7.23. The lowest BCUT2D eigenvalue weighted by Crippen LogP contribution is -2.34. The van der Waals surface area contributed by atoms with Crippen LogP contribution in [-0.4, -0.2) is 24.6 Å². The molecule has 0 spiro atoms. The van der Waals surface area contributed by atoms with Gasteiger partial charge in [0.05, 0.1) is 0 Å². The van der Waals surface area contributed by atoms with Crippen LogP contribution in [0.15, 0.2) is 0 Å². The molecule has 1 N–H and O–H groups in total. The average molecular weight is 159 g/mol. The molecule has 0 bridgehead atoms. The highest BCUT2D eigenvalue weighted by Gasteiger charge is 2.10. The van der Waals surface area contributed by atoms with E-state index in [2.05, 4.69) is 11.6 Å². The van der Waals surface area contributed by atoms with Gasteiger partial charge >= 0.3 is 0 Å². The molecule has 1 heterocycles. The third kappa shape index (κ3) is 2.93. The van der Waals surface area contributed by atoms with E-state index in [9.17, 15) is 0 Å². The fourth-order valence-corrected chi connectivity index (χ4v) is 1.95. The van der Waals surface area contributed by atoms with E-state index >= 15 is 0 Å². The molecule has 1 aliphatic rings. The molecule has 10 heavy (non-hydrogen) atoms. The Balaban J connectivity index is 2.02. The Morgan fingerprint density at radius 2 is 2.40 bits per heavy atom. The average Bonchev–Trinajstić information content (AvgIpc) is 2.03. The molecule has 1 rings (SSSR count). The van der Waals surface area contributed by atoms with Gasteiger partial charge in [-0.05, 0) is 37.8 Å². The second kappa shape index (κ2) is 5.03. The van der Waals surface area contributed by atoms with Crippen molar-refractivity contribution in [1.82, 2.24) is 5.32 Å². The van der Waals surface area contributed by atoms with Crippen LogP contribution in [0, 0.1) is 0 Å². The molecular weight excluding hydrogens is 142 g/mol. The van der Waals surface area contributed by atoms with E-state index in [0.29, 0.717) is 0 Å². The van der Waals surface area contributed by atoms with Gasteiger partial charge in [0.2, 0.25) is 0 Å². The van der Waals surface area contributed by atoms with Gasteiger partial charge in [0, 0.05) is 6.04 Å². The minimum Gasteiger partial charge on any atom is -0.314 e. The highest BCUT2D eigenvalue weighted by Crippen LogP contribution is 2.11. The van der Waals surface area contributed by atoms with Crippen molar-refractivity contribution < 1.29 is 0 Å². The summed E-state index contributed by atoms with van der Waals surface area (Å²) in [6, 6.07) is 0.834. The summed E-state index contributed by atoms with van der Waals surface area (Å²) in [5.41, 5.74) is 0. The van der Waals surface area contributed by atoms with E-state index in [-0.39, 0.29) is 0 Å². The molecule has 2 heteroatoms. The van der Waals surface area contributed by atoms with Gasteiger partial charge < -0.3 is 5.32 Å². The van der Waals surface area contributed by atoms with Crippen LogP contribution < -0.4 is 5.32 Å². The van der Waals surface area contributed by atoms with Crippen LogP contribution in [0.4, 0.5) is 0 Å². The third-order valence-electron chi connectivity index (χ3n) is 2.08. The first-order valence-corrected chi connectivity index (χ1v) is 5.55. The lowest BCUT2D eigenvalue weighted by atomic mass is 10.0. The largest absolute Gasteiger partial charge is 0.314 e. The Kier molecular flexibility index (Phi) is 4.23. The van der Waals surface area contributed by atoms with Crippen LogP contribution in [0.5, 0.6) is 0 Å². The molecule has 0 radical (unpaired) electrons. The predicted molar refractivity (Wildman–Crippen MR) is 48.6 cm³/mol. The highest BCUT2D eigenvalue weighted by atomic mass is 32.2. The number of nitrogens with one attached hydrogen (secondary N) is 1. The van der Waals surface area contributed by atoms with Crippen molar-refractivity contribution in [2.24, 2.45) is 0 Å². The molecule has 0 saturated carbocycles. The van der Waals surface area contributed by atoms with E-state index in [4.69, 9.17) is 0 Å². The molecule has 0 unspecified atom stereocenters. The SMILES string of the molecule is CSCC[C@H]1CCCCN1. The van der Waals surface area contributed by atoms with Crippen LogP contribution in [0.25, 0.3) is 0 Å². The number of rotatable bonds is 3. The zero-order valence-corrected chi connectivity index (χ0v) is 7.54. The number of hydrogen-bond acceptors (Lipinski definition) is 2. The normalized spacial score (nSPS) is 26.7. The van der Waals surface area contributed by atoms with Gasteiger partial charge in [-0.2, -0.15) is 11.8 Å². The van der Waals surface area contributed by atoms with E-state index in [1.165, 1.54) is 38.0 Å². The molecule has 0 aromatic heterocycles. The van der Waals surface area contributed by atoms with Crippen molar-refractivity contribution in [2.75, 3.05) is 18.6 Å². The molecule has 0 amide bonds. The Bertz CT molecular complexity index is 79.3. The van der Waals surface area contributed by atoms with E-state index in [0.717, 1.165) is 6.04 Å². The van der Waals surface area contributed by atoms with Gasteiger partial charge in [-0.15, -0.1) is 0 Å². The Hall–Kier alpha value is 0.310. The molecule has 0 aliphatic carbocycles.